The van der Waals surface area contributed by atoms with E-state index in [4.69, 9.17) is 9.47 Å². The average Bonchev–Trinajstić information content (AvgIpc) is 2.60. The van der Waals surface area contributed by atoms with Crippen molar-refractivity contribution in [2.45, 2.75) is 38.9 Å². The van der Waals surface area contributed by atoms with Crippen LogP contribution < -0.4 is 20.1 Å². The van der Waals surface area contributed by atoms with Crippen molar-refractivity contribution in [2.24, 2.45) is 4.99 Å². The molecule has 0 radical (unpaired) electrons. The maximum Gasteiger partial charge on any atom is 0.191 e. The summed E-state index contributed by atoms with van der Waals surface area (Å²) in [7, 11) is 0.0472. The molecule has 0 spiro atoms. The molecular formula is C19H33N3O4S. The van der Waals surface area contributed by atoms with Gasteiger partial charge in [0.25, 0.3) is 0 Å². The third kappa shape index (κ3) is 7.28. The van der Waals surface area contributed by atoms with Gasteiger partial charge >= 0.3 is 0 Å². The number of rotatable bonds is 9. The summed E-state index contributed by atoms with van der Waals surface area (Å²) in [6, 6.07) is 5.81. The van der Waals surface area contributed by atoms with Crippen molar-refractivity contribution in [1.82, 2.24) is 10.6 Å². The molecule has 0 fully saturated rings. The summed E-state index contributed by atoms with van der Waals surface area (Å²) in [5.74, 6) is 2.04. The van der Waals surface area contributed by atoms with E-state index in [1.54, 1.807) is 35.0 Å². The lowest BCUT2D eigenvalue weighted by Crippen LogP contribution is -2.39. The first-order valence-electron chi connectivity index (χ1n) is 9.10. The highest BCUT2D eigenvalue weighted by Gasteiger charge is 2.28. The molecule has 0 saturated heterocycles. The van der Waals surface area contributed by atoms with Crippen LogP contribution in [0.25, 0.3) is 0 Å². The van der Waals surface area contributed by atoms with E-state index >= 15 is 0 Å². The van der Waals surface area contributed by atoms with Crippen LogP contribution in [-0.2, 0) is 16.3 Å². The van der Waals surface area contributed by atoms with Gasteiger partial charge in [-0.3, -0.25) is 4.99 Å². The highest BCUT2D eigenvalue weighted by Crippen LogP contribution is 2.27. The molecule has 1 aromatic carbocycles. The standard InChI is InChI=1S/C19H33N3O4S/c1-7-20-18(22-12-13-27(23,24)19(2,3)4)21-11-10-15-8-9-16(25-5)17(14-15)26-6/h8-9,14H,7,10-13H2,1-6H3,(H2,20,21,22). The van der Waals surface area contributed by atoms with Crippen molar-refractivity contribution >= 4 is 15.8 Å². The summed E-state index contributed by atoms with van der Waals surface area (Å²) < 4.78 is 34.1. The highest BCUT2D eigenvalue weighted by atomic mass is 32.2. The number of hydrogen-bond acceptors (Lipinski definition) is 5. The average molecular weight is 400 g/mol. The van der Waals surface area contributed by atoms with Crippen LogP contribution in [0.15, 0.2) is 23.2 Å². The van der Waals surface area contributed by atoms with Crippen LogP contribution in [0.2, 0.25) is 0 Å². The number of benzene rings is 1. The summed E-state index contributed by atoms with van der Waals surface area (Å²) >= 11 is 0. The summed E-state index contributed by atoms with van der Waals surface area (Å²) in [5, 5.41) is 6.37. The molecule has 154 valence electrons. The molecule has 0 aliphatic carbocycles. The summed E-state index contributed by atoms with van der Waals surface area (Å²) in [6.45, 7) is 8.68. The Hall–Kier alpha value is -1.96. The molecular weight excluding hydrogens is 366 g/mol. The lowest BCUT2D eigenvalue weighted by molar-refractivity contribution is 0.354. The summed E-state index contributed by atoms with van der Waals surface area (Å²) in [6.07, 6.45) is 0.769. The van der Waals surface area contributed by atoms with E-state index in [2.05, 4.69) is 15.6 Å². The Morgan fingerprint density at radius 1 is 1.11 bits per heavy atom. The Morgan fingerprint density at radius 3 is 2.33 bits per heavy atom. The van der Waals surface area contributed by atoms with Crippen LogP contribution in [0.4, 0.5) is 0 Å². The normalized spacial score (nSPS) is 12.6. The van der Waals surface area contributed by atoms with Crippen LogP contribution in [0.1, 0.15) is 33.3 Å². The molecule has 1 rings (SSSR count). The third-order valence-corrected chi connectivity index (χ3v) is 6.65. The van der Waals surface area contributed by atoms with E-state index in [0.717, 1.165) is 12.0 Å². The van der Waals surface area contributed by atoms with Gasteiger partial charge in [-0.2, -0.15) is 0 Å². The van der Waals surface area contributed by atoms with Gasteiger partial charge in [-0.25, -0.2) is 8.42 Å². The fourth-order valence-corrected chi connectivity index (χ4v) is 3.23. The largest absolute Gasteiger partial charge is 0.493 e. The smallest absolute Gasteiger partial charge is 0.191 e. The van der Waals surface area contributed by atoms with E-state index in [1.165, 1.54) is 0 Å². The summed E-state index contributed by atoms with van der Waals surface area (Å²) in [4.78, 5) is 4.38. The first-order chi connectivity index (χ1) is 12.6. The van der Waals surface area contributed by atoms with Gasteiger partial charge in [0, 0.05) is 13.1 Å². The van der Waals surface area contributed by atoms with Crippen molar-refractivity contribution in [3.8, 4) is 11.5 Å². The lowest BCUT2D eigenvalue weighted by Gasteiger charge is -2.18. The minimum Gasteiger partial charge on any atom is -0.493 e. The fraction of sp³-hybridized carbons (Fsp3) is 0.632. The van der Waals surface area contributed by atoms with E-state index in [-0.39, 0.29) is 12.3 Å². The molecule has 0 unspecified atom stereocenters. The Balaban J connectivity index is 2.63. The van der Waals surface area contributed by atoms with E-state index in [1.807, 2.05) is 25.1 Å². The Bertz CT molecular complexity index is 725. The Morgan fingerprint density at radius 2 is 1.78 bits per heavy atom. The highest BCUT2D eigenvalue weighted by molar-refractivity contribution is 7.92. The van der Waals surface area contributed by atoms with Gasteiger partial charge < -0.3 is 20.1 Å². The van der Waals surface area contributed by atoms with Crippen molar-refractivity contribution < 1.29 is 17.9 Å². The number of hydrogen-bond donors (Lipinski definition) is 2. The van der Waals surface area contributed by atoms with Gasteiger partial charge in [-0.05, 0) is 51.8 Å². The lowest BCUT2D eigenvalue weighted by atomic mass is 10.1. The Kier molecular flexibility index (Phi) is 8.88. The molecule has 0 saturated carbocycles. The van der Waals surface area contributed by atoms with Gasteiger partial charge in [0.2, 0.25) is 0 Å². The van der Waals surface area contributed by atoms with Crippen molar-refractivity contribution in [2.75, 3.05) is 39.6 Å². The van der Waals surface area contributed by atoms with Crippen LogP contribution in [0, 0.1) is 0 Å². The van der Waals surface area contributed by atoms with Crippen molar-refractivity contribution in [3.63, 3.8) is 0 Å². The molecule has 1 aromatic rings. The second-order valence-electron chi connectivity index (χ2n) is 7.06. The minimum atomic E-state index is -3.17. The zero-order valence-electron chi connectivity index (χ0n) is 17.3. The van der Waals surface area contributed by atoms with Gasteiger partial charge in [-0.1, -0.05) is 6.07 Å². The van der Waals surface area contributed by atoms with Gasteiger partial charge in [0.15, 0.2) is 27.3 Å². The predicted octanol–water partition coefficient (Wildman–Crippen LogP) is 2.01. The van der Waals surface area contributed by atoms with Crippen molar-refractivity contribution in [1.29, 1.82) is 0 Å². The topological polar surface area (TPSA) is 89.0 Å². The molecule has 0 heterocycles. The second kappa shape index (κ2) is 10.4. The predicted molar refractivity (Wildman–Crippen MR) is 111 cm³/mol. The zero-order valence-corrected chi connectivity index (χ0v) is 18.1. The number of methoxy groups -OCH3 is 2. The van der Waals surface area contributed by atoms with Crippen LogP contribution in [0.5, 0.6) is 11.5 Å². The first kappa shape index (κ1) is 23.1. The minimum absolute atomic E-state index is 0.0305. The quantitative estimate of drug-likeness (QED) is 0.488. The maximum atomic E-state index is 12.2. The van der Waals surface area contributed by atoms with E-state index in [9.17, 15) is 8.42 Å². The third-order valence-electron chi connectivity index (χ3n) is 4.06. The SMILES string of the molecule is CCNC(=NCCS(=O)(=O)C(C)(C)C)NCCc1ccc(OC)c(OC)c1. The molecule has 0 amide bonds. The molecule has 27 heavy (non-hydrogen) atoms. The first-order valence-corrected chi connectivity index (χ1v) is 10.7. The number of nitrogens with zero attached hydrogens (tertiary/aromatic N) is 1. The summed E-state index contributed by atoms with van der Waals surface area (Å²) in [5.41, 5.74) is 1.10. The molecule has 2 N–H and O–H groups in total. The molecule has 8 heteroatoms. The van der Waals surface area contributed by atoms with Gasteiger partial charge in [-0.15, -0.1) is 0 Å². The molecule has 7 nitrogen and oxygen atoms in total. The van der Waals surface area contributed by atoms with E-state index < -0.39 is 14.6 Å². The number of guanidine groups is 1. The van der Waals surface area contributed by atoms with Crippen LogP contribution in [-0.4, -0.2) is 58.7 Å². The fourth-order valence-electron chi connectivity index (χ4n) is 2.29. The Labute approximate surface area is 163 Å². The van der Waals surface area contributed by atoms with Crippen LogP contribution >= 0.6 is 0 Å². The zero-order chi connectivity index (χ0) is 20.5. The number of sulfone groups is 1. The van der Waals surface area contributed by atoms with Gasteiger partial charge in [0.05, 0.1) is 31.3 Å². The van der Waals surface area contributed by atoms with Crippen LogP contribution in [0.3, 0.4) is 0 Å². The molecule has 0 aromatic heterocycles. The molecule has 0 aliphatic heterocycles. The van der Waals surface area contributed by atoms with Gasteiger partial charge in [0.1, 0.15) is 0 Å². The monoisotopic (exact) mass is 399 g/mol. The number of nitrogens with one attached hydrogen (secondary N) is 2. The number of aliphatic imine (C=N–C) groups is 1. The second-order valence-corrected chi connectivity index (χ2v) is 9.92. The van der Waals surface area contributed by atoms with Crippen molar-refractivity contribution in [3.05, 3.63) is 23.8 Å². The maximum absolute atomic E-state index is 12.2. The molecule has 0 aliphatic rings. The molecule has 0 bridgehead atoms. The van der Waals surface area contributed by atoms with E-state index in [0.29, 0.717) is 30.5 Å². The molecule has 0 atom stereocenters. The number of ether oxygens (including phenoxy) is 2.